The van der Waals surface area contributed by atoms with E-state index in [0.717, 1.165) is 22.1 Å². The van der Waals surface area contributed by atoms with Gasteiger partial charge in [-0.15, -0.1) is 0 Å². The minimum absolute atomic E-state index is 0.248. The van der Waals surface area contributed by atoms with Gasteiger partial charge in [-0.3, -0.25) is 4.68 Å². The van der Waals surface area contributed by atoms with E-state index in [0.29, 0.717) is 17.5 Å². The molecule has 0 aliphatic heterocycles. The van der Waals surface area contributed by atoms with Crippen molar-refractivity contribution in [2.75, 3.05) is 10.6 Å². The van der Waals surface area contributed by atoms with E-state index in [2.05, 4.69) is 50.7 Å². The Morgan fingerprint density at radius 1 is 1.07 bits per heavy atom. The molecule has 1 heterocycles. The summed E-state index contributed by atoms with van der Waals surface area (Å²) in [6.07, 6.45) is 5.34. The summed E-state index contributed by atoms with van der Waals surface area (Å²) >= 11 is 8.90. The van der Waals surface area contributed by atoms with Crippen LogP contribution in [0.2, 0.25) is 0 Å². The Balaban J connectivity index is 1.58. The predicted molar refractivity (Wildman–Crippen MR) is 120 cm³/mol. The van der Waals surface area contributed by atoms with Crippen LogP contribution < -0.4 is 10.6 Å². The lowest BCUT2D eigenvalue weighted by Gasteiger charge is -2.10. The number of thiocarbonyl (C=S) groups is 1. The molecule has 7 heteroatoms. The molecule has 146 valence electrons. The van der Waals surface area contributed by atoms with Crippen molar-refractivity contribution < 1.29 is 4.39 Å². The van der Waals surface area contributed by atoms with Gasteiger partial charge in [-0.1, -0.05) is 37.6 Å². The third-order valence-corrected chi connectivity index (χ3v) is 5.02. The number of aryl methyl sites for hydroxylation is 1. The minimum atomic E-state index is -0.248. The smallest absolute Gasteiger partial charge is 0.176 e. The summed E-state index contributed by atoms with van der Waals surface area (Å²) in [6, 6.07) is 14.7. The van der Waals surface area contributed by atoms with Crippen LogP contribution in [-0.4, -0.2) is 14.9 Å². The van der Waals surface area contributed by atoms with Gasteiger partial charge in [-0.2, -0.15) is 5.10 Å². The van der Waals surface area contributed by atoms with E-state index in [1.54, 1.807) is 16.8 Å². The lowest BCUT2D eigenvalue weighted by Crippen LogP contribution is -2.19. The van der Waals surface area contributed by atoms with Crippen LogP contribution in [0, 0.1) is 5.82 Å². The fourth-order valence-electron chi connectivity index (χ4n) is 2.75. The van der Waals surface area contributed by atoms with Gasteiger partial charge < -0.3 is 10.6 Å². The summed E-state index contributed by atoms with van der Waals surface area (Å²) in [6.45, 7) is 2.74. The first-order valence-electron chi connectivity index (χ1n) is 9.18. The second-order valence-corrected chi connectivity index (χ2v) is 7.79. The second-order valence-electron chi connectivity index (χ2n) is 6.53. The molecular formula is C21H22BrFN4S. The Labute approximate surface area is 178 Å². The zero-order valence-electron chi connectivity index (χ0n) is 15.6. The van der Waals surface area contributed by atoms with Gasteiger partial charge in [-0.25, -0.2) is 4.39 Å². The molecule has 1 aromatic heterocycles. The van der Waals surface area contributed by atoms with E-state index in [-0.39, 0.29) is 5.82 Å². The van der Waals surface area contributed by atoms with E-state index < -0.39 is 0 Å². The first-order valence-corrected chi connectivity index (χ1v) is 10.4. The van der Waals surface area contributed by atoms with Crippen LogP contribution in [0.1, 0.15) is 30.9 Å². The van der Waals surface area contributed by atoms with Crippen LogP contribution in [0.4, 0.5) is 15.9 Å². The lowest BCUT2D eigenvalue weighted by atomic mass is 10.1. The molecule has 0 saturated carbocycles. The first-order chi connectivity index (χ1) is 13.5. The van der Waals surface area contributed by atoms with Gasteiger partial charge in [0, 0.05) is 11.9 Å². The van der Waals surface area contributed by atoms with Gasteiger partial charge in [0.15, 0.2) is 10.9 Å². The molecule has 0 aliphatic carbocycles. The maximum absolute atomic E-state index is 13.0. The molecule has 0 spiro atoms. The summed E-state index contributed by atoms with van der Waals surface area (Å²) in [4.78, 5) is 0. The fraction of sp³-hybridized carbons (Fsp3) is 0.238. The zero-order chi connectivity index (χ0) is 19.9. The SMILES string of the molecule is CCCCc1ccc(NC(=S)Nc2nn(Cc3ccc(F)cc3)cc2Br)cc1. The van der Waals surface area contributed by atoms with Crippen molar-refractivity contribution >= 4 is 44.8 Å². The van der Waals surface area contributed by atoms with Gasteiger partial charge >= 0.3 is 0 Å². The van der Waals surface area contributed by atoms with Crippen LogP contribution >= 0.6 is 28.1 Å². The number of anilines is 2. The third kappa shape index (κ3) is 5.87. The molecule has 0 fully saturated rings. The maximum Gasteiger partial charge on any atom is 0.176 e. The molecule has 0 radical (unpaired) electrons. The zero-order valence-corrected chi connectivity index (χ0v) is 18.0. The highest BCUT2D eigenvalue weighted by molar-refractivity contribution is 9.10. The average molecular weight is 461 g/mol. The predicted octanol–water partition coefficient (Wildman–Crippen LogP) is 5.98. The van der Waals surface area contributed by atoms with Gasteiger partial charge in [0.25, 0.3) is 0 Å². The van der Waals surface area contributed by atoms with Crippen molar-refractivity contribution in [2.45, 2.75) is 32.7 Å². The molecule has 3 rings (SSSR count). The van der Waals surface area contributed by atoms with Crippen molar-refractivity contribution in [1.82, 2.24) is 9.78 Å². The minimum Gasteiger partial charge on any atom is -0.332 e. The number of nitrogens with one attached hydrogen (secondary N) is 2. The Hall–Kier alpha value is -2.25. The van der Waals surface area contributed by atoms with Crippen LogP contribution in [0.25, 0.3) is 0 Å². The number of benzene rings is 2. The molecule has 0 bridgehead atoms. The van der Waals surface area contributed by atoms with Gasteiger partial charge in [0.05, 0.1) is 11.0 Å². The Morgan fingerprint density at radius 2 is 1.75 bits per heavy atom. The van der Waals surface area contributed by atoms with Crippen molar-refractivity contribution in [3.05, 3.63) is 76.1 Å². The highest BCUT2D eigenvalue weighted by Crippen LogP contribution is 2.21. The average Bonchev–Trinajstić information content (AvgIpc) is 3.02. The number of rotatable bonds is 7. The van der Waals surface area contributed by atoms with E-state index in [4.69, 9.17) is 12.2 Å². The number of aromatic nitrogens is 2. The molecule has 2 N–H and O–H groups in total. The number of hydrogen-bond donors (Lipinski definition) is 2. The monoisotopic (exact) mass is 460 g/mol. The van der Waals surface area contributed by atoms with Gasteiger partial charge in [0.2, 0.25) is 0 Å². The Bertz CT molecular complexity index is 923. The van der Waals surface area contributed by atoms with Gasteiger partial charge in [0.1, 0.15) is 5.82 Å². The second kappa shape index (κ2) is 9.80. The van der Waals surface area contributed by atoms with Crippen molar-refractivity contribution in [3.8, 4) is 0 Å². The Morgan fingerprint density at radius 3 is 2.43 bits per heavy atom. The molecule has 4 nitrogen and oxygen atoms in total. The van der Waals surface area contributed by atoms with E-state index in [9.17, 15) is 4.39 Å². The normalized spacial score (nSPS) is 10.7. The third-order valence-electron chi connectivity index (χ3n) is 4.24. The van der Waals surface area contributed by atoms with Crippen molar-refractivity contribution in [3.63, 3.8) is 0 Å². The Kier molecular flexibility index (Phi) is 7.17. The molecule has 0 aliphatic rings. The van der Waals surface area contributed by atoms with Crippen molar-refractivity contribution in [1.29, 1.82) is 0 Å². The number of nitrogens with zero attached hydrogens (tertiary/aromatic N) is 2. The number of halogens is 2. The van der Waals surface area contributed by atoms with Gasteiger partial charge in [-0.05, 0) is 76.4 Å². The highest BCUT2D eigenvalue weighted by Gasteiger charge is 2.09. The summed E-state index contributed by atoms with van der Waals surface area (Å²) in [5.74, 6) is 0.377. The standard InChI is InChI=1S/C21H22BrFN4S/c1-2-3-4-15-7-11-18(12-8-15)24-21(28)25-20-19(22)14-27(26-20)13-16-5-9-17(23)10-6-16/h5-12,14H,2-4,13H2,1H3,(H2,24,25,26,28). The van der Waals surface area contributed by atoms with E-state index in [1.165, 1.54) is 30.5 Å². The molecule has 0 amide bonds. The maximum atomic E-state index is 13.0. The molecule has 2 aromatic carbocycles. The molecular weight excluding hydrogens is 439 g/mol. The number of unbranched alkanes of at least 4 members (excludes halogenated alkanes) is 1. The summed E-state index contributed by atoms with van der Waals surface area (Å²) < 4.78 is 15.6. The van der Waals surface area contributed by atoms with E-state index in [1.807, 2.05) is 18.3 Å². The molecule has 0 saturated heterocycles. The van der Waals surface area contributed by atoms with Crippen LogP contribution in [0.15, 0.2) is 59.2 Å². The largest absolute Gasteiger partial charge is 0.332 e. The molecule has 3 aromatic rings. The lowest BCUT2D eigenvalue weighted by molar-refractivity contribution is 0.624. The topological polar surface area (TPSA) is 41.9 Å². The molecule has 0 unspecified atom stereocenters. The number of hydrogen-bond acceptors (Lipinski definition) is 2. The van der Waals surface area contributed by atoms with Crippen molar-refractivity contribution in [2.24, 2.45) is 0 Å². The summed E-state index contributed by atoms with van der Waals surface area (Å²) in [5, 5.41) is 11.2. The summed E-state index contributed by atoms with van der Waals surface area (Å²) in [5.41, 5.74) is 3.22. The fourth-order valence-corrected chi connectivity index (χ4v) is 3.37. The first kappa shape index (κ1) is 20.5. The highest BCUT2D eigenvalue weighted by atomic mass is 79.9. The quantitative estimate of drug-likeness (QED) is 0.425. The molecule has 28 heavy (non-hydrogen) atoms. The van der Waals surface area contributed by atoms with Crippen LogP contribution in [0.3, 0.4) is 0 Å². The van der Waals surface area contributed by atoms with Crippen LogP contribution in [-0.2, 0) is 13.0 Å². The summed E-state index contributed by atoms with van der Waals surface area (Å²) in [7, 11) is 0. The van der Waals surface area contributed by atoms with E-state index >= 15 is 0 Å². The van der Waals surface area contributed by atoms with Crippen LogP contribution in [0.5, 0.6) is 0 Å². The molecule has 0 atom stereocenters.